The SMILES string of the molecule is CCCC1C(=O)NC(=O)N(C(C)CCC(C)C)C1=O. The molecule has 0 aromatic rings. The number of imide groups is 2. The normalized spacial score (nSPS) is 21.8. The molecule has 2 atom stereocenters. The van der Waals surface area contributed by atoms with Crippen LogP contribution in [0.4, 0.5) is 4.79 Å². The average molecular weight is 268 g/mol. The van der Waals surface area contributed by atoms with Crippen LogP contribution in [0.5, 0.6) is 0 Å². The summed E-state index contributed by atoms with van der Waals surface area (Å²) in [7, 11) is 0. The van der Waals surface area contributed by atoms with Crippen molar-refractivity contribution in [3.05, 3.63) is 0 Å². The molecule has 0 bridgehead atoms. The Labute approximate surface area is 114 Å². The predicted molar refractivity (Wildman–Crippen MR) is 72.3 cm³/mol. The molecule has 0 saturated carbocycles. The third-order valence-electron chi connectivity index (χ3n) is 3.48. The van der Waals surface area contributed by atoms with Gasteiger partial charge in [0.15, 0.2) is 0 Å². The van der Waals surface area contributed by atoms with Gasteiger partial charge in [0, 0.05) is 6.04 Å². The van der Waals surface area contributed by atoms with Gasteiger partial charge in [-0.05, 0) is 32.1 Å². The van der Waals surface area contributed by atoms with Crippen molar-refractivity contribution in [1.82, 2.24) is 10.2 Å². The van der Waals surface area contributed by atoms with Gasteiger partial charge in [0.05, 0.1) is 0 Å². The van der Waals surface area contributed by atoms with E-state index < -0.39 is 17.9 Å². The topological polar surface area (TPSA) is 66.5 Å². The van der Waals surface area contributed by atoms with Crippen LogP contribution in [0.1, 0.15) is 53.4 Å². The van der Waals surface area contributed by atoms with E-state index in [1.54, 1.807) is 0 Å². The van der Waals surface area contributed by atoms with E-state index in [4.69, 9.17) is 0 Å². The lowest BCUT2D eigenvalue weighted by Gasteiger charge is -2.34. The van der Waals surface area contributed by atoms with E-state index in [1.165, 1.54) is 4.90 Å². The third kappa shape index (κ3) is 3.78. The van der Waals surface area contributed by atoms with Gasteiger partial charge in [-0.15, -0.1) is 0 Å². The number of urea groups is 1. The molecular formula is C14H24N2O3. The molecule has 5 nitrogen and oxygen atoms in total. The molecule has 5 heteroatoms. The second-order valence-corrected chi connectivity index (χ2v) is 5.66. The first-order chi connectivity index (χ1) is 8.88. The van der Waals surface area contributed by atoms with Crippen molar-refractivity contribution >= 4 is 17.8 Å². The van der Waals surface area contributed by atoms with Gasteiger partial charge in [-0.2, -0.15) is 0 Å². The van der Waals surface area contributed by atoms with E-state index in [2.05, 4.69) is 19.2 Å². The minimum Gasteiger partial charge on any atom is -0.277 e. The summed E-state index contributed by atoms with van der Waals surface area (Å²) in [5.41, 5.74) is 0. The molecule has 1 heterocycles. The smallest absolute Gasteiger partial charge is 0.277 e. The van der Waals surface area contributed by atoms with Crippen LogP contribution >= 0.6 is 0 Å². The van der Waals surface area contributed by atoms with E-state index in [1.807, 2.05) is 13.8 Å². The van der Waals surface area contributed by atoms with Crippen molar-refractivity contribution in [2.45, 2.75) is 59.4 Å². The van der Waals surface area contributed by atoms with Gasteiger partial charge in [0.1, 0.15) is 5.92 Å². The Morgan fingerprint density at radius 1 is 1.16 bits per heavy atom. The minimum atomic E-state index is -0.704. The number of rotatable bonds is 6. The van der Waals surface area contributed by atoms with Gasteiger partial charge in [-0.3, -0.25) is 19.8 Å². The van der Waals surface area contributed by atoms with Crippen LogP contribution in [0, 0.1) is 11.8 Å². The molecule has 1 saturated heterocycles. The Hall–Kier alpha value is -1.39. The molecule has 0 aliphatic carbocycles. The largest absolute Gasteiger partial charge is 0.331 e. The van der Waals surface area contributed by atoms with E-state index >= 15 is 0 Å². The molecular weight excluding hydrogens is 244 g/mol. The lowest BCUT2D eigenvalue weighted by atomic mass is 9.96. The average Bonchev–Trinajstić information content (AvgIpc) is 2.31. The molecule has 1 N–H and O–H groups in total. The second-order valence-electron chi connectivity index (χ2n) is 5.66. The number of barbiturate groups is 1. The van der Waals surface area contributed by atoms with Crippen LogP contribution < -0.4 is 5.32 Å². The van der Waals surface area contributed by atoms with E-state index in [-0.39, 0.29) is 11.9 Å². The number of nitrogens with zero attached hydrogens (tertiary/aromatic N) is 1. The Morgan fingerprint density at radius 3 is 2.32 bits per heavy atom. The van der Waals surface area contributed by atoms with Crippen LogP contribution in [-0.4, -0.2) is 28.8 Å². The highest BCUT2D eigenvalue weighted by Crippen LogP contribution is 2.20. The molecule has 4 amide bonds. The third-order valence-corrected chi connectivity index (χ3v) is 3.48. The molecule has 0 radical (unpaired) electrons. The van der Waals surface area contributed by atoms with Gasteiger partial charge >= 0.3 is 6.03 Å². The summed E-state index contributed by atoms with van der Waals surface area (Å²) in [4.78, 5) is 37.0. The zero-order valence-electron chi connectivity index (χ0n) is 12.2. The van der Waals surface area contributed by atoms with E-state index in [0.29, 0.717) is 12.3 Å². The molecule has 1 rings (SSSR count). The van der Waals surface area contributed by atoms with Crippen molar-refractivity contribution < 1.29 is 14.4 Å². The Kier molecular flexibility index (Phi) is 5.51. The molecule has 1 aliphatic rings. The summed E-state index contributed by atoms with van der Waals surface area (Å²) < 4.78 is 0. The quantitative estimate of drug-likeness (QED) is 0.752. The van der Waals surface area contributed by atoms with Gasteiger partial charge in [-0.25, -0.2) is 4.79 Å². The van der Waals surface area contributed by atoms with Crippen molar-refractivity contribution in [3.8, 4) is 0 Å². The first-order valence-electron chi connectivity index (χ1n) is 7.06. The predicted octanol–water partition coefficient (Wildman–Crippen LogP) is 2.31. The van der Waals surface area contributed by atoms with Gasteiger partial charge in [-0.1, -0.05) is 27.2 Å². The lowest BCUT2D eigenvalue weighted by Crippen LogP contribution is -2.60. The number of amides is 4. The van der Waals surface area contributed by atoms with Crippen LogP contribution in [0.2, 0.25) is 0 Å². The van der Waals surface area contributed by atoms with Gasteiger partial charge < -0.3 is 0 Å². The Morgan fingerprint density at radius 2 is 1.79 bits per heavy atom. The van der Waals surface area contributed by atoms with Crippen molar-refractivity contribution in [2.75, 3.05) is 0 Å². The van der Waals surface area contributed by atoms with Crippen molar-refractivity contribution in [2.24, 2.45) is 11.8 Å². The Bertz CT molecular complexity index is 366. The first-order valence-corrected chi connectivity index (χ1v) is 7.06. The van der Waals surface area contributed by atoms with Crippen LogP contribution in [-0.2, 0) is 9.59 Å². The first kappa shape index (κ1) is 15.7. The van der Waals surface area contributed by atoms with Crippen molar-refractivity contribution in [3.63, 3.8) is 0 Å². The number of nitrogens with one attached hydrogen (secondary N) is 1. The van der Waals surface area contributed by atoms with Crippen LogP contribution in [0.15, 0.2) is 0 Å². The monoisotopic (exact) mass is 268 g/mol. The zero-order chi connectivity index (χ0) is 14.6. The molecule has 2 unspecified atom stereocenters. The summed E-state index contributed by atoms with van der Waals surface area (Å²) in [5.74, 6) is -0.973. The number of hydrogen-bond acceptors (Lipinski definition) is 3. The fraction of sp³-hybridized carbons (Fsp3) is 0.786. The summed E-state index contributed by atoms with van der Waals surface area (Å²) in [6, 6.07) is -0.735. The highest BCUT2D eigenvalue weighted by molar-refractivity contribution is 6.16. The summed E-state index contributed by atoms with van der Waals surface area (Å²) >= 11 is 0. The molecule has 0 aromatic carbocycles. The molecule has 0 spiro atoms. The molecule has 0 aromatic heterocycles. The summed E-state index contributed by atoms with van der Waals surface area (Å²) in [5, 5.41) is 2.29. The highest BCUT2D eigenvalue weighted by atomic mass is 16.2. The Balaban J connectivity index is 2.77. The van der Waals surface area contributed by atoms with E-state index in [0.717, 1.165) is 19.3 Å². The fourth-order valence-electron chi connectivity index (χ4n) is 2.30. The number of hydrogen-bond donors (Lipinski definition) is 1. The van der Waals surface area contributed by atoms with Crippen molar-refractivity contribution in [1.29, 1.82) is 0 Å². The molecule has 1 fully saturated rings. The van der Waals surface area contributed by atoms with E-state index in [9.17, 15) is 14.4 Å². The van der Waals surface area contributed by atoms with Gasteiger partial charge in [0.2, 0.25) is 11.8 Å². The maximum atomic E-state index is 12.3. The van der Waals surface area contributed by atoms with Crippen LogP contribution in [0.25, 0.3) is 0 Å². The van der Waals surface area contributed by atoms with Crippen LogP contribution in [0.3, 0.4) is 0 Å². The minimum absolute atomic E-state index is 0.164. The summed E-state index contributed by atoms with van der Waals surface area (Å²) in [6.07, 6.45) is 2.95. The molecule has 1 aliphatic heterocycles. The standard InChI is InChI=1S/C14H24N2O3/c1-5-6-11-12(17)15-14(19)16(13(11)18)10(4)8-7-9(2)3/h9-11H,5-8H2,1-4H3,(H,15,17,19). The second kappa shape index (κ2) is 6.68. The molecule has 19 heavy (non-hydrogen) atoms. The highest BCUT2D eigenvalue weighted by Gasteiger charge is 2.41. The molecule has 108 valence electrons. The van der Waals surface area contributed by atoms with Gasteiger partial charge in [0.25, 0.3) is 0 Å². The lowest BCUT2D eigenvalue weighted by molar-refractivity contribution is -0.144. The maximum absolute atomic E-state index is 12.3. The number of carbonyl (C=O) groups excluding carboxylic acids is 3. The number of carbonyl (C=O) groups is 3. The summed E-state index contributed by atoms with van der Waals surface area (Å²) in [6.45, 7) is 7.99. The maximum Gasteiger partial charge on any atom is 0.331 e. The fourth-order valence-corrected chi connectivity index (χ4v) is 2.30. The zero-order valence-corrected chi connectivity index (χ0v) is 12.2.